The molecule has 0 unspecified atom stereocenters. The zero-order valence-electron chi connectivity index (χ0n) is 9.50. The molecule has 6 heteroatoms. The lowest BCUT2D eigenvalue weighted by Gasteiger charge is -2.05. The lowest BCUT2D eigenvalue weighted by atomic mass is 10.1. The molecule has 1 aromatic carbocycles. The summed E-state index contributed by atoms with van der Waals surface area (Å²) in [6.07, 6.45) is 3.06. The highest BCUT2D eigenvalue weighted by Gasteiger charge is 2.11. The average Bonchev–Trinajstić information content (AvgIpc) is 2.70. The maximum atomic E-state index is 9.43. The van der Waals surface area contributed by atoms with Crippen molar-refractivity contribution < 1.29 is 5.11 Å². The van der Waals surface area contributed by atoms with Crippen LogP contribution in [-0.4, -0.2) is 24.9 Å². The lowest BCUT2D eigenvalue weighted by molar-refractivity contribution is 0.452. The molecular formula is C12H9ClN4O. The lowest BCUT2D eigenvalue weighted by Crippen LogP contribution is -1.93. The van der Waals surface area contributed by atoms with E-state index in [9.17, 15) is 5.11 Å². The van der Waals surface area contributed by atoms with Gasteiger partial charge in [-0.05, 0) is 12.1 Å². The molecular weight excluding hydrogens is 252 g/mol. The molecule has 18 heavy (non-hydrogen) atoms. The summed E-state index contributed by atoms with van der Waals surface area (Å²) in [5.41, 5.74) is 2.34. The zero-order chi connectivity index (χ0) is 12.7. The quantitative estimate of drug-likeness (QED) is 0.730. The van der Waals surface area contributed by atoms with Crippen molar-refractivity contribution in [2.45, 2.75) is 0 Å². The molecule has 0 amide bonds. The molecule has 3 rings (SSSR count). The molecule has 1 N–H and O–H groups in total. The first-order valence-corrected chi connectivity index (χ1v) is 5.65. The van der Waals surface area contributed by atoms with Crippen LogP contribution >= 0.6 is 11.6 Å². The summed E-state index contributed by atoms with van der Waals surface area (Å²) in [5, 5.41) is 15.2. The summed E-state index contributed by atoms with van der Waals surface area (Å²) >= 11 is 6.08. The first kappa shape index (κ1) is 11.0. The van der Waals surface area contributed by atoms with Crippen LogP contribution in [0.5, 0.6) is 5.88 Å². The minimum atomic E-state index is -0.0738. The normalized spacial score (nSPS) is 11.0. The standard InChI is InChI=1S/C12H9ClN4O/c1-17-12-7(5-16-17)2-8(13)3-9(12)10-4-11(18)15-6-14-10/h2-6H,1H3,(H,14,15,18). The van der Waals surface area contributed by atoms with Crippen LogP contribution in [0.15, 0.2) is 30.7 Å². The van der Waals surface area contributed by atoms with E-state index in [4.69, 9.17) is 11.6 Å². The van der Waals surface area contributed by atoms with Crippen molar-refractivity contribution in [3.63, 3.8) is 0 Å². The molecule has 0 aliphatic carbocycles. The Labute approximate surface area is 108 Å². The minimum Gasteiger partial charge on any atom is -0.493 e. The predicted octanol–water partition coefficient (Wildman–Crippen LogP) is 2.39. The van der Waals surface area contributed by atoms with Gasteiger partial charge in [-0.1, -0.05) is 11.6 Å². The third-order valence-corrected chi connectivity index (χ3v) is 2.94. The number of rotatable bonds is 1. The fourth-order valence-corrected chi connectivity index (χ4v) is 2.20. The molecule has 90 valence electrons. The number of hydrogen-bond donors (Lipinski definition) is 1. The van der Waals surface area contributed by atoms with Crippen molar-refractivity contribution in [3.8, 4) is 17.1 Å². The molecule has 0 spiro atoms. The van der Waals surface area contributed by atoms with Crippen LogP contribution in [0.4, 0.5) is 0 Å². The molecule has 0 saturated carbocycles. The van der Waals surface area contributed by atoms with Gasteiger partial charge in [-0.15, -0.1) is 0 Å². The molecule has 0 bridgehead atoms. The van der Waals surface area contributed by atoms with Gasteiger partial charge in [-0.25, -0.2) is 9.97 Å². The van der Waals surface area contributed by atoms with E-state index in [1.165, 1.54) is 12.4 Å². The van der Waals surface area contributed by atoms with Gasteiger partial charge in [-0.3, -0.25) is 4.68 Å². The van der Waals surface area contributed by atoms with Crippen molar-refractivity contribution in [1.29, 1.82) is 0 Å². The maximum absolute atomic E-state index is 9.43. The first-order valence-electron chi connectivity index (χ1n) is 5.28. The number of fused-ring (bicyclic) bond motifs is 1. The number of aromatic hydroxyl groups is 1. The van der Waals surface area contributed by atoms with Crippen molar-refractivity contribution in [3.05, 3.63) is 35.7 Å². The minimum absolute atomic E-state index is 0.0738. The van der Waals surface area contributed by atoms with E-state index < -0.39 is 0 Å². The van der Waals surface area contributed by atoms with Crippen LogP contribution in [0, 0.1) is 0 Å². The molecule has 0 aliphatic heterocycles. The van der Waals surface area contributed by atoms with Crippen LogP contribution in [0.25, 0.3) is 22.2 Å². The summed E-state index contributed by atoms with van der Waals surface area (Å²) in [6.45, 7) is 0. The second-order valence-corrected chi connectivity index (χ2v) is 4.36. The van der Waals surface area contributed by atoms with Crippen LogP contribution in [0.1, 0.15) is 0 Å². The van der Waals surface area contributed by atoms with E-state index in [2.05, 4.69) is 15.1 Å². The summed E-state index contributed by atoms with van der Waals surface area (Å²) in [5.74, 6) is -0.0738. The molecule has 0 aliphatic rings. The fraction of sp³-hybridized carbons (Fsp3) is 0.0833. The molecule has 2 aromatic heterocycles. The largest absolute Gasteiger partial charge is 0.493 e. The Morgan fingerprint density at radius 1 is 1.22 bits per heavy atom. The van der Waals surface area contributed by atoms with E-state index >= 15 is 0 Å². The molecule has 0 radical (unpaired) electrons. The van der Waals surface area contributed by atoms with Crippen LogP contribution < -0.4 is 0 Å². The third-order valence-electron chi connectivity index (χ3n) is 2.73. The zero-order valence-corrected chi connectivity index (χ0v) is 10.3. The Bertz CT molecular complexity index is 738. The van der Waals surface area contributed by atoms with Gasteiger partial charge in [-0.2, -0.15) is 5.10 Å². The number of halogens is 1. The van der Waals surface area contributed by atoms with Gasteiger partial charge >= 0.3 is 0 Å². The summed E-state index contributed by atoms with van der Waals surface area (Å²) in [6, 6.07) is 5.14. The fourth-order valence-electron chi connectivity index (χ4n) is 1.98. The molecule has 2 heterocycles. The third kappa shape index (κ3) is 1.69. The Balaban J connectivity index is 2.37. The summed E-state index contributed by atoms with van der Waals surface area (Å²) < 4.78 is 1.75. The smallest absolute Gasteiger partial charge is 0.214 e. The molecule has 0 atom stereocenters. The number of aromatic nitrogens is 4. The first-order chi connectivity index (χ1) is 8.65. The summed E-state index contributed by atoms with van der Waals surface area (Å²) in [4.78, 5) is 7.82. The highest BCUT2D eigenvalue weighted by atomic mass is 35.5. The second-order valence-electron chi connectivity index (χ2n) is 3.92. The van der Waals surface area contributed by atoms with Crippen LogP contribution in [0.3, 0.4) is 0 Å². The second kappa shape index (κ2) is 3.96. The van der Waals surface area contributed by atoms with Crippen molar-refractivity contribution in [1.82, 2.24) is 19.7 Å². The molecule has 5 nitrogen and oxygen atoms in total. The number of nitrogens with zero attached hydrogens (tertiary/aromatic N) is 4. The van der Waals surface area contributed by atoms with Crippen molar-refractivity contribution in [2.75, 3.05) is 0 Å². The highest BCUT2D eigenvalue weighted by molar-refractivity contribution is 6.31. The summed E-state index contributed by atoms with van der Waals surface area (Å²) in [7, 11) is 1.85. The predicted molar refractivity (Wildman–Crippen MR) is 68.4 cm³/mol. The van der Waals surface area contributed by atoms with E-state index in [1.807, 2.05) is 13.1 Å². The number of aryl methyl sites for hydroxylation is 1. The van der Waals surface area contributed by atoms with Crippen molar-refractivity contribution in [2.24, 2.45) is 7.05 Å². The molecule has 0 saturated heterocycles. The van der Waals surface area contributed by atoms with Gasteiger partial charge < -0.3 is 5.11 Å². The molecule has 3 aromatic rings. The van der Waals surface area contributed by atoms with E-state index in [-0.39, 0.29) is 5.88 Å². The van der Waals surface area contributed by atoms with Gasteiger partial charge in [0.2, 0.25) is 5.88 Å². The number of hydrogen-bond acceptors (Lipinski definition) is 4. The van der Waals surface area contributed by atoms with E-state index in [1.54, 1.807) is 16.9 Å². The Morgan fingerprint density at radius 2 is 2.06 bits per heavy atom. The van der Waals surface area contributed by atoms with Crippen LogP contribution in [-0.2, 0) is 7.05 Å². The van der Waals surface area contributed by atoms with Gasteiger partial charge in [0.15, 0.2) is 0 Å². The van der Waals surface area contributed by atoms with Crippen LogP contribution in [0.2, 0.25) is 5.02 Å². The molecule has 0 fully saturated rings. The van der Waals surface area contributed by atoms with E-state index in [0.29, 0.717) is 10.7 Å². The van der Waals surface area contributed by atoms with Crippen molar-refractivity contribution >= 4 is 22.5 Å². The SMILES string of the molecule is Cn1ncc2cc(Cl)cc(-c3cc(O)ncn3)c21. The maximum Gasteiger partial charge on any atom is 0.214 e. The highest BCUT2D eigenvalue weighted by Crippen LogP contribution is 2.31. The van der Waals surface area contributed by atoms with E-state index in [0.717, 1.165) is 16.5 Å². The average molecular weight is 261 g/mol. The Morgan fingerprint density at radius 3 is 2.83 bits per heavy atom. The van der Waals surface area contributed by atoms with Gasteiger partial charge in [0.25, 0.3) is 0 Å². The van der Waals surface area contributed by atoms with Gasteiger partial charge in [0.05, 0.1) is 17.4 Å². The Kier molecular flexibility index (Phi) is 2.41. The number of benzene rings is 1. The monoisotopic (exact) mass is 260 g/mol. The topological polar surface area (TPSA) is 63.8 Å². The van der Waals surface area contributed by atoms with Gasteiger partial charge in [0, 0.05) is 29.1 Å². The Hall–Kier alpha value is -2.14. The van der Waals surface area contributed by atoms with Gasteiger partial charge in [0.1, 0.15) is 6.33 Å².